The number of primary amides is 1. The van der Waals surface area contributed by atoms with Crippen molar-refractivity contribution in [2.45, 2.75) is 26.8 Å². The third-order valence-electron chi connectivity index (χ3n) is 3.30. The molecule has 0 unspecified atom stereocenters. The fraction of sp³-hybridized carbons (Fsp3) is 0.529. The summed E-state index contributed by atoms with van der Waals surface area (Å²) in [5.41, 5.74) is 5.98. The molecule has 0 aromatic heterocycles. The molecule has 0 aliphatic carbocycles. The highest BCUT2D eigenvalue weighted by Crippen LogP contribution is 2.11. The monoisotopic (exact) mass is 321 g/mol. The first-order valence-electron chi connectivity index (χ1n) is 7.82. The lowest BCUT2D eigenvalue weighted by molar-refractivity contribution is -0.122. The molecule has 0 heterocycles. The summed E-state index contributed by atoms with van der Waals surface area (Å²) in [4.78, 5) is 24.5. The number of rotatable bonds is 10. The summed E-state index contributed by atoms with van der Waals surface area (Å²) in [7, 11) is 1.95. The fourth-order valence-electron chi connectivity index (χ4n) is 1.92. The highest BCUT2D eigenvalue weighted by atomic mass is 16.5. The molecule has 0 aliphatic rings. The molecule has 6 nitrogen and oxygen atoms in total. The predicted octanol–water partition coefficient (Wildman–Crippen LogP) is 1.14. The van der Waals surface area contributed by atoms with E-state index in [0.29, 0.717) is 24.8 Å². The van der Waals surface area contributed by atoms with E-state index in [9.17, 15) is 9.59 Å². The van der Waals surface area contributed by atoms with Crippen LogP contribution in [-0.2, 0) is 16.1 Å². The maximum absolute atomic E-state index is 11.9. The molecule has 2 amide bonds. The molecule has 0 aliphatic heterocycles. The van der Waals surface area contributed by atoms with E-state index in [1.165, 1.54) is 0 Å². The van der Waals surface area contributed by atoms with E-state index in [0.717, 1.165) is 18.5 Å². The molecule has 0 radical (unpaired) electrons. The third-order valence-corrected chi connectivity index (χ3v) is 3.30. The first kappa shape index (κ1) is 19.0. The summed E-state index contributed by atoms with van der Waals surface area (Å²) in [6.45, 7) is 5.98. The van der Waals surface area contributed by atoms with E-state index < -0.39 is 5.91 Å². The molecular formula is C17H27N3O3. The first-order chi connectivity index (χ1) is 10.9. The molecule has 0 atom stereocenters. The lowest BCUT2D eigenvalue weighted by Crippen LogP contribution is -2.35. The van der Waals surface area contributed by atoms with Gasteiger partial charge in [0.05, 0.1) is 6.54 Å². The average Bonchev–Trinajstić information content (AvgIpc) is 2.50. The van der Waals surface area contributed by atoms with Gasteiger partial charge in [-0.15, -0.1) is 0 Å². The Morgan fingerprint density at radius 2 is 1.91 bits per heavy atom. The quantitative estimate of drug-likeness (QED) is 0.677. The molecule has 6 heteroatoms. The van der Waals surface area contributed by atoms with Crippen LogP contribution in [-0.4, -0.2) is 43.5 Å². The molecule has 3 N–H and O–H groups in total. The molecular weight excluding hydrogens is 294 g/mol. The Kier molecular flexibility index (Phi) is 8.11. The highest BCUT2D eigenvalue weighted by Gasteiger charge is 2.07. The number of carbonyl (C=O) groups is 2. The summed E-state index contributed by atoms with van der Waals surface area (Å²) in [6.07, 6.45) is 1.08. The molecule has 1 aromatic rings. The maximum Gasteiger partial charge on any atom is 0.255 e. The summed E-state index contributed by atoms with van der Waals surface area (Å²) in [5.74, 6) is 0.705. The topological polar surface area (TPSA) is 84.7 Å². The number of nitrogens with zero attached hydrogens (tertiary/aromatic N) is 1. The minimum Gasteiger partial charge on any atom is -0.484 e. The van der Waals surface area contributed by atoms with Crippen molar-refractivity contribution in [2.75, 3.05) is 26.7 Å². The van der Waals surface area contributed by atoms with Gasteiger partial charge in [0, 0.05) is 6.54 Å². The van der Waals surface area contributed by atoms with Crippen LogP contribution in [0.3, 0.4) is 0 Å². The molecule has 128 valence electrons. The average molecular weight is 321 g/mol. The molecule has 23 heavy (non-hydrogen) atoms. The fourth-order valence-corrected chi connectivity index (χ4v) is 1.92. The molecule has 1 aromatic carbocycles. The maximum atomic E-state index is 11.9. The third kappa shape index (κ3) is 8.83. The first-order valence-corrected chi connectivity index (χ1v) is 7.82. The Morgan fingerprint density at radius 1 is 1.26 bits per heavy atom. The van der Waals surface area contributed by atoms with Crippen molar-refractivity contribution < 1.29 is 14.3 Å². The highest BCUT2D eigenvalue weighted by molar-refractivity contribution is 5.78. The van der Waals surface area contributed by atoms with Gasteiger partial charge in [0.15, 0.2) is 6.61 Å². The number of hydrogen-bond acceptors (Lipinski definition) is 4. The molecule has 0 spiro atoms. The van der Waals surface area contributed by atoms with Crippen LogP contribution in [0.25, 0.3) is 0 Å². The van der Waals surface area contributed by atoms with Crippen molar-refractivity contribution in [3.8, 4) is 5.75 Å². The van der Waals surface area contributed by atoms with Gasteiger partial charge in [-0.1, -0.05) is 26.0 Å². The van der Waals surface area contributed by atoms with Crippen LogP contribution in [0.15, 0.2) is 24.3 Å². The number of benzene rings is 1. The number of hydrogen-bond donors (Lipinski definition) is 2. The smallest absolute Gasteiger partial charge is 0.255 e. The van der Waals surface area contributed by atoms with Crippen molar-refractivity contribution in [1.82, 2.24) is 10.2 Å². The van der Waals surface area contributed by atoms with Gasteiger partial charge in [0.2, 0.25) is 5.91 Å². The largest absolute Gasteiger partial charge is 0.484 e. The lowest BCUT2D eigenvalue weighted by Gasteiger charge is -2.17. The van der Waals surface area contributed by atoms with Crippen molar-refractivity contribution in [3.63, 3.8) is 0 Å². The molecule has 1 rings (SSSR count). The van der Waals surface area contributed by atoms with Gasteiger partial charge in [0.1, 0.15) is 5.75 Å². The minimum atomic E-state index is -0.511. The van der Waals surface area contributed by atoms with Crippen molar-refractivity contribution in [3.05, 3.63) is 29.8 Å². The lowest BCUT2D eigenvalue weighted by atomic mass is 10.1. The second-order valence-electron chi connectivity index (χ2n) is 6.10. The zero-order chi connectivity index (χ0) is 17.2. The Hall–Kier alpha value is -2.08. The van der Waals surface area contributed by atoms with Crippen LogP contribution in [0.2, 0.25) is 0 Å². The Bertz CT molecular complexity index is 500. The molecule has 0 bridgehead atoms. The van der Waals surface area contributed by atoms with Gasteiger partial charge in [-0.05, 0) is 43.6 Å². The summed E-state index contributed by atoms with van der Waals surface area (Å²) in [5, 5.41) is 2.89. The summed E-state index contributed by atoms with van der Waals surface area (Å²) < 4.78 is 5.18. The standard InChI is InChI=1S/C17H27N3O3/c1-13(2)8-9-20(3)11-17(22)19-10-14-4-6-15(7-5-14)23-12-16(18)21/h4-7,13H,8-12H2,1-3H3,(H2,18,21)(H,19,22). The zero-order valence-corrected chi connectivity index (χ0v) is 14.2. The van der Waals surface area contributed by atoms with Crippen molar-refractivity contribution >= 4 is 11.8 Å². The van der Waals surface area contributed by atoms with E-state index in [-0.39, 0.29) is 12.5 Å². The van der Waals surface area contributed by atoms with Gasteiger partial charge in [-0.2, -0.15) is 0 Å². The van der Waals surface area contributed by atoms with Gasteiger partial charge >= 0.3 is 0 Å². The van der Waals surface area contributed by atoms with E-state index >= 15 is 0 Å². The Balaban J connectivity index is 2.31. The van der Waals surface area contributed by atoms with E-state index in [4.69, 9.17) is 10.5 Å². The summed E-state index contributed by atoms with van der Waals surface area (Å²) in [6, 6.07) is 7.19. The number of nitrogens with two attached hydrogens (primary N) is 1. The SMILES string of the molecule is CC(C)CCN(C)CC(=O)NCc1ccc(OCC(N)=O)cc1. The van der Waals surface area contributed by atoms with Crippen LogP contribution in [0.1, 0.15) is 25.8 Å². The van der Waals surface area contributed by atoms with Crippen LogP contribution >= 0.6 is 0 Å². The normalized spacial score (nSPS) is 10.8. The van der Waals surface area contributed by atoms with E-state index in [2.05, 4.69) is 19.2 Å². The van der Waals surface area contributed by atoms with Crippen molar-refractivity contribution in [2.24, 2.45) is 11.7 Å². The molecule has 0 fully saturated rings. The number of likely N-dealkylation sites (N-methyl/N-ethyl adjacent to an activating group) is 1. The van der Waals surface area contributed by atoms with Crippen LogP contribution < -0.4 is 15.8 Å². The number of ether oxygens (including phenoxy) is 1. The van der Waals surface area contributed by atoms with Crippen LogP contribution in [0.5, 0.6) is 5.75 Å². The molecule has 0 saturated carbocycles. The predicted molar refractivity (Wildman–Crippen MR) is 89.9 cm³/mol. The number of amides is 2. The Labute approximate surface area is 138 Å². The minimum absolute atomic E-state index is 0.00492. The van der Waals surface area contributed by atoms with Crippen molar-refractivity contribution in [1.29, 1.82) is 0 Å². The van der Waals surface area contributed by atoms with Gasteiger partial charge in [-0.25, -0.2) is 0 Å². The van der Waals surface area contributed by atoms with Crippen LogP contribution in [0, 0.1) is 5.92 Å². The number of nitrogens with one attached hydrogen (secondary N) is 1. The van der Waals surface area contributed by atoms with E-state index in [1.54, 1.807) is 12.1 Å². The van der Waals surface area contributed by atoms with Gasteiger partial charge < -0.3 is 15.8 Å². The summed E-state index contributed by atoms with van der Waals surface area (Å²) >= 11 is 0. The second kappa shape index (κ2) is 9.84. The van der Waals surface area contributed by atoms with Gasteiger partial charge in [-0.3, -0.25) is 14.5 Å². The van der Waals surface area contributed by atoms with E-state index in [1.807, 2.05) is 24.1 Å². The zero-order valence-electron chi connectivity index (χ0n) is 14.2. The molecule has 0 saturated heterocycles. The number of carbonyl (C=O) groups excluding carboxylic acids is 2. The van der Waals surface area contributed by atoms with Gasteiger partial charge in [0.25, 0.3) is 5.91 Å². The Morgan fingerprint density at radius 3 is 2.48 bits per heavy atom. The van der Waals surface area contributed by atoms with Crippen LogP contribution in [0.4, 0.5) is 0 Å². The second-order valence-corrected chi connectivity index (χ2v) is 6.10.